The van der Waals surface area contributed by atoms with Crippen molar-refractivity contribution in [2.24, 2.45) is 17.8 Å². The van der Waals surface area contributed by atoms with Gasteiger partial charge in [0.1, 0.15) is 0 Å². The summed E-state index contributed by atoms with van der Waals surface area (Å²) in [5, 5.41) is 5.99. The zero-order chi connectivity index (χ0) is 16.7. The van der Waals surface area contributed by atoms with Crippen LogP contribution in [0.5, 0.6) is 0 Å². The first kappa shape index (κ1) is 19.1. The molecular weight excluding hydrogens is 278 g/mol. The number of amides is 1. The molecule has 0 spiro atoms. The summed E-state index contributed by atoms with van der Waals surface area (Å²) in [5.41, 5.74) is 3.99. The number of ketones is 1. The van der Waals surface area contributed by atoms with E-state index in [9.17, 15) is 9.59 Å². The minimum absolute atomic E-state index is 0.0613. The van der Waals surface area contributed by atoms with Gasteiger partial charge in [0.25, 0.3) is 0 Å². The molecule has 5 heteroatoms. The minimum Gasteiger partial charge on any atom is -0.357 e. The Balaban J connectivity index is 2.56. The molecule has 1 fully saturated rings. The van der Waals surface area contributed by atoms with E-state index in [-0.39, 0.29) is 29.7 Å². The van der Waals surface area contributed by atoms with Crippen LogP contribution in [0.4, 0.5) is 0 Å². The zero-order valence-electron chi connectivity index (χ0n) is 14.7. The lowest BCUT2D eigenvalue weighted by Gasteiger charge is -2.30. The highest BCUT2D eigenvalue weighted by Gasteiger charge is 2.29. The van der Waals surface area contributed by atoms with Crippen molar-refractivity contribution in [3.05, 3.63) is 0 Å². The molecule has 128 valence electrons. The van der Waals surface area contributed by atoms with Gasteiger partial charge in [-0.15, -0.1) is 0 Å². The maximum absolute atomic E-state index is 12.3. The normalized spacial score (nSPS) is 24.8. The monoisotopic (exact) mass is 312 g/mol. The first-order chi connectivity index (χ1) is 10.4. The molecule has 0 heterocycles. The number of rotatable bonds is 8. The summed E-state index contributed by atoms with van der Waals surface area (Å²) in [6, 6.07) is -0.591. The molecule has 2 unspecified atom stereocenters. The van der Waals surface area contributed by atoms with Crippen molar-refractivity contribution in [2.75, 3.05) is 13.6 Å². The molecule has 0 saturated heterocycles. The highest BCUT2D eigenvalue weighted by Crippen LogP contribution is 2.31. The molecule has 0 aliphatic heterocycles. The van der Waals surface area contributed by atoms with Crippen molar-refractivity contribution in [3.63, 3.8) is 0 Å². The second-order valence-electron chi connectivity index (χ2n) is 7.09. The van der Waals surface area contributed by atoms with E-state index in [1.807, 2.05) is 13.8 Å². The third-order valence-corrected chi connectivity index (χ3v) is 5.01. The van der Waals surface area contributed by atoms with E-state index in [1.54, 1.807) is 14.0 Å². The van der Waals surface area contributed by atoms with Gasteiger partial charge in [-0.25, -0.2) is 0 Å². The number of hydrogen-bond donors (Lipinski definition) is 3. The maximum Gasteiger partial charge on any atom is 0.237 e. The molecule has 0 aromatic heterocycles. The largest absolute Gasteiger partial charge is 0.357 e. The van der Waals surface area contributed by atoms with Crippen molar-refractivity contribution < 1.29 is 15.3 Å². The summed E-state index contributed by atoms with van der Waals surface area (Å²) in [6.07, 6.45) is 5.49. The number of Topliss-reactive ketones (excluding diaryl/α,β-unsaturated/α-hetero) is 1. The quantitative estimate of drug-likeness (QED) is 0.618. The van der Waals surface area contributed by atoms with Crippen LogP contribution >= 0.6 is 0 Å². The van der Waals surface area contributed by atoms with Gasteiger partial charge in [-0.05, 0) is 57.9 Å². The number of carbonyl (C=O) groups excluding carboxylic acids is 2. The number of quaternary nitrogens is 1. The fourth-order valence-electron chi connectivity index (χ4n) is 3.44. The van der Waals surface area contributed by atoms with Crippen LogP contribution in [0.3, 0.4) is 0 Å². The number of hydrogen-bond acceptors (Lipinski definition) is 3. The SMILES string of the molecule is CNC(C(=O)NC(CC1CCC(C[NH3+])CC1)C(C)=O)C(C)C. The van der Waals surface area contributed by atoms with Gasteiger partial charge in [0.15, 0.2) is 5.78 Å². The Morgan fingerprint density at radius 1 is 1.14 bits per heavy atom. The Hall–Kier alpha value is -0.940. The van der Waals surface area contributed by atoms with Crippen molar-refractivity contribution in [2.45, 2.75) is 65.0 Å². The van der Waals surface area contributed by atoms with Crippen LogP contribution < -0.4 is 16.4 Å². The third kappa shape index (κ3) is 5.69. The summed E-state index contributed by atoms with van der Waals surface area (Å²) in [5.74, 6) is 1.49. The van der Waals surface area contributed by atoms with E-state index in [4.69, 9.17) is 0 Å². The first-order valence-corrected chi connectivity index (χ1v) is 8.66. The van der Waals surface area contributed by atoms with Gasteiger partial charge >= 0.3 is 0 Å². The van der Waals surface area contributed by atoms with E-state index in [0.29, 0.717) is 5.92 Å². The van der Waals surface area contributed by atoms with E-state index in [1.165, 1.54) is 12.8 Å². The molecule has 2 atom stereocenters. The maximum atomic E-state index is 12.3. The summed E-state index contributed by atoms with van der Waals surface area (Å²) in [7, 11) is 1.78. The Kier molecular flexibility index (Phi) is 8.04. The molecule has 22 heavy (non-hydrogen) atoms. The van der Waals surface area contributed by atoms with Crippen LogP contribution in [0.25, 0.3) is 0 Å². The lowest BCUT2D eigenvalue weighted by Crippen LogP contribution is -2.54. The van der Waals surface area contributed by atoms with Crippen LogP contribution in [-0.2, 0) is 9.59 Å². The summed E-state index contributed by atoms with van der Waals surface area (Å²) >= 11 is 0. The van der Waals surface area contributed by atoms with Crippen molar-refractivity contribution in [1.29, 1.82) is 0 Å². The molecule has 1 aliphatic rings. The Bertz CT molecular complexity index is 363. The van der Waals surface area contributed by atoms with Crippen molar-refractivity contribution in [1.82, 2.24) is 10.6 Å². The molecule has 1 saturated carbocycles. The Morgan fingerprint density at radius 2 is 1.68 bits per heavy atom. The first-order valence-electron chi connectivity index (χ1n) is 8.66. The molecule has 5 nitrogen and oxygen atoms in total. The predicted octanol–water partition coefficient (Wildman–Crippen LogP) is 0.743. The van der Waals surface area contributed by atoms with Crippen LogP contribution in [0.1, 0.15) is 52.9 Å². The molecule has 5 N–H and O–H groups in total. The molecule has 0 aromatic rings. The average Bonchev–Trinajstić information content (AvgIpc) is 2.47. The Morgan fingerprint density at radius 3 is 2.09 bits per heavy atom. The lowest BCUT2D eigenvalue weighted by molar-refractivity contribution is -0.380. The third-order valence-electron chi connectivity index (χ3n) is 5.01. The number of carbonyl (C=O) groups is 2. The van der Waals surface area contributed by atoms with Crippen LogP contribution in [0.2, 0.25) is 0 Å². The number of likely N-dealkylation sites (N-methyl/N-ethyl adjacent to an activating group) is 1. The van der Waals surface area contributed by atoms with Gasteiger partial charge in [-0.1, -0.05) is 13.8 Å². The highest BCUT2D eigenvalue weighted by atomic mass is 16.2. The van der Waals surface area contributed by atoms with E-state index >= 15 is 0 Å². The van der Waals surface area contributed by atoms with E-state index in [2.05, 4.69) is 16.4 Å². The Labute approximate surface area is 134 Å². The standard InChI is InChI=1S/C17H33N3O2/c1-11(2)16(19-4)17(22)20-15(12(3)21)9-13-5-7-14(10-18)8-6-13/h11,13-16,19H,5-10,18H2,1-4H3,(H,20,22)/p+1. The lowest BCUT2D eigenvalue weighted by atomic mass is 9.79. The molecule has 1 amide bonds. The van der Waals surface area contributed by atoms with Crippen molar-refractivity contribution >= 4 is 11.7 Å². The van der Waals surface area contributed by atoms with Crippen LogP contribution in [0, 0.1) is 17.8 Å². The van der Waals surface area contributed by atoms with Gasteiger partial charge < -0.3 is 16.4 Å². The number of nitrogens with one attached hydrogen (secondary N) is 2. The zero-order valence-corrected chi connectivity index (χ0v) is 14.7. The molecule has 0 bridgehead atoms. The summed E-state index contributed by atoms with van der Waals surface area (Å²) in [4.78, 5) is 24.2. The average molecular weight is 312 g/mol. The topological polar surface area (TPSA) is 85.8 Å². The molecule has 1 aliphatic carbocycles. The van der Waals surface area contributed by atoms with Crippen LogP contribution in [0.15, 0.2) is 0 Å². The van der Waals surface area contributed by atoms with Gasteiger partial charge in [-0.2, -0.15) is 0 Å². The van der Waals surface area contributed by atoms with E-state index < -0.39 is 0 Å². The predicted molar refractivity (Wildman–Crippen MR) is 88.1 cm³/mol. The van der Waals surface area contributed by atoms with E-state index in [0.717, 1.165) is 31.7 Å². The highest BCUT2D eigenvalue weighted by molar-refractivity contribution is 5.89. The summed E-state index contributed by atoms with van der Waals surface area (Å²) in [6.45, 7) is 6.60. The molecular formula is C17H34N3O2+. The second kappa shape index (κ2) is 9.26. The molecule has 0 aromatic carbocycles. The molecule has 0 radical (unpaired) electrons. The fourth-order valence-corrected chi connectivity index (χ4v) is 3.44. The smallest absolute Gasteiger partial charge is 0.237 e. The second-order valence-corrected chi connectivity index (χ2v) is 7.09. The van der Waals surface area contributed by atoms with Gasteiger partial charge in [0, 0.05) is 5.92 Å². The van der Waals surface area contributed by atoms with Gasteiger partial charge in [0.05, 0.1) is 18.6 Å². The fraction of sp³-hybridized carbons (Fsp3) is 0.882. The van der Waals surface area contributed by atoms with Gasteiger partial charge in [-0.3, -0.25) is 9.59 Å². The summed E-state index contributed by atoms with van der Waals surface area (Å²) < 4.78 is 0. The molecule has 1 rings (SSSR count). The van der Waals surface area contributed by atoms with Crippen LogP contribution in [-0.4, -0.2) is 37.4 Å². The minimum atomic E-state index is -0.344. The van der Waals surface area contributed by atoms with Crippen molar-refractivity contribution in [3.8, 4) is 0 Å². The van der Waals surface area contributed by atoms with Gasteiger partial charge in [0.2, 0.25) is 5.91 Å².